The molecule has 1 saturated carbocycles. The molecular weight excluding hydrogens is 240 g/mol. The summed E-state index contributed by atoms with van der Waals surface area (Å²) in [7, 11) is 0. The minimum absolute atomic E-state index is 0.202. The summed E-state index contributed by atoms with van der Waals surface area (Å²) in [5, 5.41) is 14.4. The summed E-state index contributed by atoms with van der Waals surface area (Å²) >= 11 is 0. The summed E-state index contributed by atoms with van der Waals surface area (Å²) in [6, 6.07) is 5.90. The number of nitro benzene ring substituents is 1. The monoisotopic (exact) mass is 262 g/mol. The van der Waals surface area contributed by atoms with Crippen molar-refractivity contribution in [3.05, 3.63) is 39.4 Å². The Morgan fingerprint density at radius 2 is 1.84 bits per heavy atom. The van der Waals surface area contributed by atoms with Crippen molar-refractivity contribution < 1.29 is 4.92 Å². The molecule has 0 heterocycles. The lowest BCUT2D eigenvalue weighted by molar-refractivity contribution is -0.385. The van der Waals surface area contributed by atoms with Gasteiger partial charge in [-0.15, -0.1) is 0 Å². The lowest BCUT2D eigenvalue weighted by atomic mass is 10.0. The van der Waals surface area contributed by atoms with Crippen LogP contribution in [0.1, 0.15) is 38.8 Å². The van der Waals surface area contributed by atoms with Crippen molar-refractivity contribution >= 4 is 5.69 Å². The Kier molecular flexibility index (Phi) is 3.17. The first-order valence-corrected chi connectivity index (χ1v) is 6.65. The van der Waals surface area contributed by atoms with Crippen LogP contribution >= 0.6 is 0 Å². The topological polar surface area (TPSA) is 55.2 Å². The van der Waals surface area contributed by atoms with Gasteiger partial charge in [0.2, 0.25) is 0 Å². The molecule has 19 heavy (non-hydrogen) atoms. The van der Waals surface area contributed by atoms with Crippen LogP contribution in [0.25, 0.3) is 0 Å². The zero-order valence-corrected chi connectivity index (χ0v) is 12.3. The van der Waals surface area contributed by atoms with Crippen LogP contribution < -0.4 is 5.32 Å². The normalized spacial score (nSPS) is 20.3. The van der Waals surface area contributed by atoms with Gasteiger partial charge in [-0.25, -0.2) is 0 Å². The molecule has 0 bridgehead atoms. The standard InChI is InChI=1S/C15H22N2O2/c1-10-6-7-11(8-12(10)17(18)19)9-16-13-14(2,3)15(13,4)5/h6-8,13,16H,9H2,1-5H3. The maximum Gasteiger partial charge on any atom is 0.272 e. The van der Waals surface area contributed by atoms with Gasteiger partial charge in [-0.05, 0) is 23.3 Å². The van der Waals surface area contributed by atoms with Crippen molar-refractivity contribution in [3.8, 4) is 0 Å². The van der Waals surface area contributed by atoms with Crippen LogP contribution in [0.5, 0.6) is 0 Å². The molecule has 1 aromatic carbocycles. The van der Waals surface area contributed by atoms with Crippen molar-refractivity contribution in [3.63, 3.8) is 0 Å². The fraction of sp³-hybridized carbons (Fsp3) is 0.600. The largest absolute Gasteiger partial charge is 0.309 e. The first-order chi connectivity index (χ1) is 8.68. The second-order valence-electron chi connectivity index (χ2n) is 6.64. The smallest absolute Gasteiger partial charge is 0.272 e. The minimum Gasteiger partial charge on any atom is -0.309 e. The summed E-state index contributed by atoms with van der Waals surface area (Å²) in [6.07, 6.45) is 0. The van der Waals surface area contributed by atoms with E-state index in [9.17, 15) is 10.1 Å². The van der Waals surface area contributed by atoms with Crippen LogP contribution in [0.3, 0.4) is 0 Å². The fourth-order valence-electron chi connectivity index (χ4n) is 2.89. The van der Waals surface area contributed by atoms with Crippen LogP contribution in [0.15, 0.2) is 18.2 Å². The van der Waals surface area contributed by atoms with E-state index in [4.69, 9.17) is 0 Å². The lowest BCUT2D eigenvalue weighted by Crippen LogP contribution is -2.21. The van der Waals surface area contributed by atoms with E-state index in [1.165, 1.54) is 0 Å². The maximum atomic E-state index is 10.9. The molecule has 1 aromatic rings. The molecule has 0 aliphatic heterocycles. The Hall–Kier alpha value is -1.42. The Morgan fingerprint density at radius 3 is 2.32 bits per heavy atom. The van der Waals surface area contributed by atoms with Gasteiger partial charge in [0.1, 0.15) is 0 Å². The zero-order chi connectivity index (χ0) is 14.4. The van der Waals surface area contributed by atoms with Crippen LogP contribution in [0, 0.1) is 27.9 Å². The SMILES string of the molecule is Cc1ccc(CNC2C(C)(C)C2(C)C)cc1[N+](=O)[O-]. The molecule has 0 aromatic heterocycles. The predicted molar refractivity (Wildman–Crippen MR) is 76.0 cm³/mol. The van der Waals surface area contributed by atoms with Gasteiger partial charge in [0.25, 0.3) is 5.69 Å². The quantitative estimate of drug-likeness (QED) is 0.668. The average molecular weight is 262 g/mol. The molecule has 1 fully saturated rings. The van der Waals surface area contributed by atoms with E-state index in [0.29, 0.717) is 18.2 Å². The number of benzene rings is 1. The Labute approximate surface area is 114 Å². The molecule has 0 atom stereocenters. The number of nitrogens with one attached hydrogen (secondary N) is 1. The molecular formula is C15H22N2O2. The molecule has 1 N–H and O–H groups in total. The summed E-state index contributed by atoms with van der Waals surface area (Å²) in [5.74, 6) is 0. The highest BCUT2D eigenvalue weighted by atomic mass is 16.6. The van der Waals surface area contributed by atoms with Gasteiger partial charge in [0, 0.05) is 24.2 Å². The lowest BCUT2D eigenvalue weighted by Gasteiger charge is -2.07. The number of hydrogen-bond donors (Lipinski definition) is 1. The molecule has 0 unspecified atom stereocenters. The number of rotatable bonds is 4. The Bertz CT molecular complexity index is 507. The Balaban J connectivity index is 2.06. The third-order valence-electron chi connectivity index (χ3n) is 5.00. The molecule has 0 radical (unpaired) electrons. The van der Waals surface area contributed by atoms with Gasteiger partial charge >= 0.3 is 0 Å². The highest BCUT2D eigenvalue weighted by Crippen LogP contribution is 2.62. The second-order valence-corrected chi connectivity index (χ2v) is 6.64. The van der Waals surface area contributed by atoms with E-state index >= 15 is 0 Å². The number of aryl methyl sites for hydroxylation is 1. The van der Waals surface area contributed by atoms with E-state index in [-0.39, 0.29) is 21.4 Å². The molecule has 104 valence electrons. The highest BCUT2D eigenvalue weighted by molar-refractivity contribution is 5.42. The summed E-state index contributed by atoms with van der Waals surface area (Å²) < 4.78 is 0. The third-order valence-corrected chi connectivity index (χ3v) is 5.00. The molecule has 1 aliphatic rings. The molecule has 0 saturated heterocycles. The van der Waals surface area contributed by atoms with Gasteiger partial charge in [-0.2, -0.15) is 0 Å². The first kappa shape index (κ1) is 14.0. The molecule has 4 nitrogen and oxygen atoms in total. The van der Waals surface area contributed by atoms with Gasteiger partial charge < -0.3 is 5.32 Å². The third kappa shape index (κ3) is 2.25. The first-order valence-electron chi connectivity index (χ1n) is 6.65. The highest BCUT2D eigenvalue weighted by Gasteiger charge is 2.64. The number of nitro groups is 1. The number of nitrogens with zero attached hydrogens (tertiary/aromatic N) is 1. The number of hydrogen-bond acceptors (Lipinski definition) is 3. The predicted octanol–water partition coefficient (Wildman–Crippen LogP) is 3.43. The van der Waals surface area contributed by atoms with Gasteiger partial charge in [0.05, 0.1) is 4.92 Å². The molecule has 2 rings (SSSR count). The van der Waals surface area contributed by atoms with Crippen molar-refractivity contribution in [2.45, 2.75) is 47.2 Å². The van der Waals surface area contributed by atoms with E-state index in [1.807, 2.05) is 12.1 Å². The molecule has 0 spiro atoms. The van der Waals surface area contributed by atoms with Crippen LogP contribution in [-0.4, -0.2) is 11.0 Å². The van der Waals surface area contributed by atoms with Crippen molar-refractivity contribution in [2.24, 2.45) is 10.8 Å². The van der Waals surface area contributed by atoms with Crippen LogP contribution in [0.2, 0.25) is 0 Å². The minimum atomic E-state index is -0.316. The molecule has 1 aliphatic carbocycles. The fourth-order valence-corrected chi connectivity index (χ4v) is 2.89. The Morgan fingerprint density at radius 1 is 1.26 bits per heavy atom. The van der Waals surface area contributed by atoms with Crippen LogP contribution in [0.4, 0.5) is 5.69 Å². The van der Waals surface area contributed by atoms with Gasteiger partial charge in [-0.3, -0.25) is 10.1 Å². The molecule has 4 heteroatoms. The van der Waals surface area contributed by atoms with E-state index < -0.39 is 0 Å². The maximum absolute atomic E-state index is 10.9. The molecule has 0 amide bonds. The summed E-state index contributed by atoms with van der Waals surface area (Å²) in [4.78, 5) is 10.6. The van der Waals surface area contributed by atoms with E-state index in [1.54, 1.807) is 13.0 Å². The van der Waals surface area contributed by atoms with Crippen molar-refractivity contribution in [2.75, 3.05) is 0 Å². The van der Waals surface area contributed by atoms with Crippen molar-refractivity contribution in [1.29, 1.82) is 0 Å². The zero-order valence-electron chi connectivity index (χ0n) is 12.3. The summed E-state index contributed by atoms with van der Waals surface area (Å²) in [5.41, 5.74) is 2.44. The van der Waals surface area contributed by atoms with Crippen LogP contribution in [-0.2, 0) is 6.54 Å². The second kappa shape index (κ2) is 4.30. The van der Waals surface area contributed by atoms with Crippen molar-refractivity contribution in [1.82, 2.24) is 5.32 Å². The van der Waals surface area contributed by atoms with Gasteiger partial charge in [0.15, 0.2) is 0 Å². The summed E-state index contributed by atoms with van der Waals surface area (Å²) in [6.45, 7) is 11.5. The average Bonchev–Trinajstić information content (AvgIpc) is 2.68. The van der Waals surface area contributed by atoms with E-state index in [2.05, 4.69) is 33.0 Å². The van der Waals surface area contributed by atoms with E-state index in [0.717, 1.165) is 5.56 Å². The van der Waals surface area contributed by atoms with Gasteiger partial charge in [-0.1, -0.05) is 39.8 Å².